The molecule has 5 heteroatoms. The lowest BCUT2D eigenvalue weighted by Gasteiger charge is -2.20. The molecule has 0 saturated carbocycles. The molecule has 2 aromatic carbocycles. The first-order valence-corrected chi connectivity index (χ1v) is 10.2. The maximum atomic E-state index is 4.77. The standard InChI is InChI=1S/C23H31N5/c1-4-24-23(26-14-7-8-16-28-17-15-25-19(28)3)27-18(2)21-13-9-11-20-10-5-6-12-22(20)21/h5-6,9-13,15,17-18H,4,7-8,14,16H2,1-3H3,(H2,24,26,27). The van der Waals surface area contributed by atoms with Gasteiger partial charge in [-0.2, -0.15) is 0 Å². The molecule has 0 aliphatic carbocycles. The van der Waals surface area contributed by atoms with Crippen LogP contribution < -0.4 is 10.6 Å². The summed E-state index contributed by atoms with van der Waals surface area (Å²) in [5, 5.41) is 9.49. The van der Waals surface area contributed by atoms with E-state index in [0.717, 1.165) is 44.3 Å². The number of aliphatic imine (C=N–C) groups is 1. The molecule has 5 nitrogen and oxygen atoms in total. The molecular weight excluding hydrogens is 346 g/mol. The fourth-order valence-electron chi connectivity index (χ4n) is 3.46. The number of aryl methyl sites for hydroxylation is 2. The Balaban J connectivity index is 1.58. The predicted molar refractivity (Wildman–Crippen MR) is 118 cm³/mol. The topological polar surface area (TPSA) is 54.2 Å². The Morgan fingerprint density at radius 3 is 2.75 bits per heavy atom. The molecule has 148 valence electrons. The van der Waals surface area contributed by atoms with Crippen LogP contribution >= 0.6 is 0 Å². The second kappa shape index (κ2) is 9.93. The summed E-state index contributed by atoms with van der Waals surface area (Å²) in [5.41, 5.74) is 1.29. The average molecular weight is 378 g/mol. The Labute approximate surface area is 167 Å². The number of unbranched alkanes of at least 4 members (excludes halogenated alkanes) is 1. The number of benzene rings is 2. The van der Waals surface area contributed by atoms with Gasteiger partial charge in [-0.1, -0.05) is 42.5 Å². The van der Waals surface area contributed by atoms with Crippen LogP contribution in [-0.2, 0) is 6.54 Å². The van der Waals surface area contributed by atoms with Gasteiger partial charge in [-0.05, 0) is 49.9 Å². The highest BCUT2D eigenvalue weighted by Crippen LogP contribution is 2.23. The first-order valence-electron chi connectivity index (χ1n) is 10.2. The van der Waals surface area contributed by atoms with Crippen molar-refractivity contribution in [1.29, 1.82) is 0 Å². The van der Waals surface area contributed by atoms with Gasteiger partial charge in [-0.25, -0.2) is 4.98 Å². The van der Waals surface area contributed by atoms with Crippen molar-refractivity contribution in [3.8, 4) is 0 Å². The number of nitrogens with one attached hydrogen (secondary N) is 2. The molecule has 2 N–H and O–H groups in total. The molecule has 0 radical (unpaired) electrons. The summed E-state index contributed by atoms with van der Waals surface area (Å²) in [7, 11) is 0. The van der Waals surface area contributed by atoms with Gasteiger partial charge >= 0.3 is 0 Å². The van der Waals surface area contributed by atoms with Crippen molar-refractivity contribution in [2.24, 2.45) is 4.99 Å². The number of aromatic nitrogens is 2. The maximum Gasteiger partial charge on any atom is 0.191 e. The van der Waals surface area contributed by atoms with Gasteiger partial charge in [0.1, 0.15) is 5.82 Å². The number of guanidine groups is 1. The number of hydrogen-bond acceptors (Lipinski definition) is 2. The summed E-state index contributed by atoms with van der Waals surface area (Å²) in [5.74, 6) is 1.95. The molecule has 1 atom stereocenters. The third-order valence-electron chi connectivity index (χ3n) is 4.99. The zero-order valence-corrected chi connectivity index (χ0v) is 17.2. The summed E-state index contributed by atoms with van der Waals surface area (Å²) >= 11 is 0. The molecular formula is C23H31N5. The van der Waals surface area contributed by atoms with Crippen molar-refractivity contribution in [2.45, 2.75) is 46.2 Å². The van der Waals surface area contributed by atoms with E-state index in [9.17, 15) is 0 Å². The van der Waals surface area contributed by atoms with E-state index >= 15 is 0 Å². The summed E-state index contributed by atoms with van der Waals surface area (Å²) in [6, 6.07) is 15.2. The molecule has 0 amide bonds. The van der Waals surface area contributed by atoms with Gasteiger partial charge in [-0.3, -0.25) is 4.99 Å². The number of hydrogen-bond donors (Lipinski definition) is 2. The Hall–Kier alpha value is -2.82. The molecule has 3 rings (SSSR count). The van der Waals surface area contributed by atoms with Crippen molar-refractivity contribution < 1.29 is 0 Å². The van der Waals surface area contributed by atoms with Crippen LogP contribution in [0.1, 0.15) is 44.1 Å². The lowest BCUT2D eigenvalue weighted by atomic mass is 10.00. The largest absolute Gasteiger partial charge is 0.357 e. The average Bonchev–Trinajstić information content (AvgIpc) is 3.12. The van der Waals surface area contributed by atoms with Gasteiger partial charge in [0, 0.05) is 32.0 Å². The summed E-state index contributed by atoms with van der Waals surface area (Å²) in [4.78, 5) is 9.04. The molecule has 0 aliphatic rings. The van der Waals surface area contributed by atoms with E-state index in [2.05, 4.69) is 76.5 Å². The van der Waals surface area contributed by atoms with Crippen molar-refractivity contribution in [3.63, 3.8) is 0 Å². The summed E-state index contributed by atoms with van der Waals surface area (Å²) in [6.45, 7) is 8.99. The smallest absolute Gasteiger partial charge is 0.191 e. The molecule has 0 saturated heterocycles. The third kappa shape index (κ3) is 5.12. The van der Waals surface area contributed by atoms with Crippen LogP contribution in [0.15, 0.2) is 59.9 Å². The molecule has 3 aromatic rings. The van der Waals surface area contributed by atoms with Crippen LogP contribution in [0.3, 0.4) is 0 Å². The van der Waals surface area contributed by atoms with Crippen LogP contribution in [0.25, 0.3) is 10.8 Å². The van der Waals surface area contributed by atoms with E-state index in [0.29, 0.717) is 0 Å². The third-order valence-corrected chi connectivity index (χ3v) is 4.99. The quantitative estimate of drug-likeness (QED) is 0.347. The van der Waals surface area contributed by atoms with Gasteiger partial charge in [0.15, 0.2) is 5.96 Å². The monoisotopic (exact) mass is 377 g/mol. The predicted octanol–water partition coefficient (Wildman–Crippen LogP) is 4.44. The number of nitrogens with zero attached hydrogens (tertiary/aromatic N) is 3. The van der Waals surface area contributed by atoms with E-state index in [1.165, 1.54) is 16.3 Å². The minimum Gasteiger partial charge on any atom is -0.357 e. The highest BCUT2D eigenvalue weighted by atomic mass is 15.2. The first-order chi connectivity index (χ1) is 13.7. The van der Waals surface area contributed by atoms with Gasteiger partial charge < -0.3 is 15.2 Å². The molecule has 0 bridgehead atoms. The van der Waals surface area contributed by atoms with Crippen molar-refractivity contribution >= 4 is 16.7 Å². The van der Waals surface area contributed by atoms with Crippen LogP contribution in [0.5, 0.6) is 0 Å². The summed E-state index contributed by atoms with van der Waals surface area (Å²) in [6.07, 6.45) is 6.04. The van der Waals surface area contributed by atoms with E-state index in [-0.39, 0.29) is 6.04 Å². The second-order valence-corrected chi connectivity index (χ2v) is 7.07. The fraction of sp³-hybridized carbons (Fsp3) is 0.391. The van der Waals surface area contributed by atoms with Crippen molar-refractivity contribution in [1.82, 2.24) is 20.2 Å². The van der Waals surface area contributed by atoms with E-state index in [4.69, 9.17) is 4.99 Å². The van der Waals surface area contributed by atoms with Gasteiger partial charge in [0.2, 0.25) is 0 Å². The highest BCUT2D eigenvalue weighted by Gasteiger charge is 2.10. The normalized spacial score (nSPS) is 12.9. The lowest BCUT2D eigenvalue weighted by molar-refractivity contribution is 0.599. The number of rotatable bonds is 8. The van der Waals surface area contributed by atoms with Crippen molar-refractivity contribution in [2.75, 3.05) is 13.1 Å². The Kier molecular flexibility index (Phi) is 7.06. The molecule has 0 aliphatic heterocycles. The second-order valence-electron chi connectivity index (χ2n) is 7.07. The van der Waals surface area contributed by atoms with E-state index in [1.54, 1.807) is 0 Å². The Morgan fingerprint density at radius 1 is 1.14 bits per heavy atom. The minimum absolute atomic E-state index is 0.178. The zero-order valence-electron chi connectivity index (χ0n) is 17.2. The number of imidazole rings is 1. The highest BCUT2D eigenvalue weighted by molar-refractivity contribution is 5.87. The lowest BCUT2D eigenvalue weighted by Crippen LogP contribution is -2.38. The summed E-state index contributed by atoms with van der Waals surface area (Å²) < 4.78 is 2.19. The Morgan fingerprint density at radius 2 is 1.96 bits per heavy atom. The van der Waals surface area contributed by atoms with E-state index in [1.807, 2.05) is 19.3 Å². The van der Waals surface area contributed by atoms with Gasteiger partial charge in [0.05, 0.1) is 6.04 Å². The number of fused-ring (bicyclic) bond motifs is 1. The molecule has 0 fully saturated rings. The molecule has 1 aromatic heterocycles. The molecule has 0 spiro atoms. The van der Waals surface area contributed by atoms with Crippen molar-refractivity contribution in [3.05, 3.63) is 66.2 Å². The van der Waals surface area contributed by atoms with Crippen LogP contribution in [0.2, 0.25) is 0 Å². The van der Waals surface area contributed by atoms with Gasteiger partial charge in [0.25, 0.3) is 0 Å². The van der Waals surface area contributed by atoms with Crippen LogP contribution in [0.4, 0.5) is 0 Å². The fourth-order valence-corrected chi connectivity index (χ4v) is 3.46. The molecule has 28 heavy (non-hydrogen) atoms. The molecule has 1 unspecified atom stereocenters. The van der Waals surface area contributed by atoms with Crippen LogP contribution in [0, 0.1) is 6.92 Å². The first kappa shape index (κ1) is 19.9. The molecule has 1 heterocycles. The zero-order chi connectivity index (χ0) is 19.8. The van der Waals surface area contributed by atoms with Gasteiger partial charge in [-0.15, -0.1) is 0 Å². The Bertz CT molecular complexity index is 907. The SMILES string of the molecule is CCNC(=NCCCCn1ccnc1C)NC(C)c1cccc2ccccc12. The minimum atomic E-state index is 0.178. The van der Waals surface area contributed by atoms with E-state index < -0.39 is 0 Å². The maximum absolute atomic E-state index is 4.77. The van der Waals surface area contributed by atoms with Crippen LogP contribution in [-0.4, -0.2) is 28.6 Å².